The fraction of sp³-hybridized carbons (Fsp3) is 0.429. The van der Waals surface area contributed by atoms with Gasteiger partial charge in [0.15, 0.2) is 5.69 Å². The van der Waals surface area contributed by atoms with Crippen LogP contribution in [-0.2, 0) is 0 Å². The van der Waals surface area contributed by atoms with Crippen molar-refractivity contribution in [2.45, 2.75) is 48.0 Å². The molecule has 0 unspecified atom stereocenters. The summed E-state index contributed by atoms with van der Waals surface area (Å²) in [6, 6.07) is 1.97. The molecule has 0 saturated carbocycles. The van der Waals surface area contributed by atoms with E-state index >= 15 is 0 Å². The molecule has 10 heteroatoms. The summed E-state index contributed by atoms with van der Waals surface area (Å²) in [5.74, 6) is 0. The SMILES string of the molecule is CC(C)SC(=S)Sc1c(Cl)nc(C#N)c(Cl)c1SC(=S)SC(C)C. The summed E-state index contributed by atoms with van der Waals surface area (Å²) < 4.78 is 1.43. The summed E-state index contributed by atoms with van der Waals surface area (Å²) in [5.41, 5.74) is 0.0910. The van der Waals surface area contributed by atoms with E-state index in [1.165, 1.54) is 23.5 Å². The van der Waals surface area contributed by atoms with Crippen molar-refractivity contribution >= 4 is 102 Å². The number of nitriles is 1. The molecule has 1 rings (SSSR count). The highest BCUT2D eigenvalue weighted by molar-refractivity contribution is 8.48. The van der Waals surface area contributed by atoms with Gasteiger partial charge in [-0.2, -0.15) is 5.26 Å². The number of pyridine rings is 1. The molecule has 0 fully saturated rings. The predicted octanol–water partition coefficient (Wildman–Crippen LogP) is 7.30. The van der Waals surface area contributed by atoms with Gasteiger partial charge in [-0.05, 0) is 0 Å². The van der Waals surface area contributed by atoms with Crippen LogP contribution in [0.15, 0.2) is 9.79 Å². The first kappa shape index (κ1) is 22.8. The molecule has 1 aromatic rings. The third kappa shape index (κ3) is 7.20. The van der Waals surface area contributed by atoms with E-state index in [9.17, 15) is 5.26 Å². The number of rotatable bonds is 4. The van der Waals surface area contributed by atoms with Crippen LogP contribution in [0.25, 0.3) is 0 Å². The molecular weight excluding hydrogens is 459 g/mol. The van der Waals surface area contributed by atoms with Crippen LogP contribution in [0.5, 0.6) is 0 Å². The lowest BCUT2D eigenvalue weighted by Crippen LogP contribution is -1.98. The van der Waals surface area contributed by atoms with E-state index in [0.717, 1.165) is 3.53 Å². The van der Waals surface area contributed by atoms with Gasteiger partial charge in [-0.25, -0.2) is 4.98 Å². The van der Waals surface area contributed by atoms with E-state index in [-0.39, 0.29) is 15.9 Å². The molecule has 2 nitrogen and oxygen atoms in total. The second-order valence-electron chi connectivity index (χ2n) is 4.87. The number of nitrogens with zero attached hydrogens (tertiary/aromatic N) is 2. The minimum atomic E-state index is 0.0910. The van der Waals surface area contributed by atoms with Crippen molar-refractivity contribution in [1.29, 1.82) is 5.26 Å². The predicted molar refractivity (Wildman–Crippen MR) is 121 cm³/mol. The minimum Gasteiger partial charge on any atom is -0.223 e. The summed E-state index contributed by atoms with van der Waals surface area (Å²) in [6.07, 6.45) is 0. The monoisotopic (exact) mass is 472 g/mol. The highest BCUT2D eigenvalue weighted by Crippen LogP contribution is 2.45. The molecular formula is C14H14Cl2N2S6. The molecule has 0 aliphatic rings. The fourth-order valence-electron chi connectivity index (χ4n) is 1.35. The van der Waals surface area contributed by atoms with Crippen LogP contribution in [-0.4, -0.2) is 22.5 Å². The third-order valence-electron chi connectivity index (χ3n) is 2.15. The topological polar surface area (TPSA) is 36.7 Å². The van der Waals surface area contributed by atoms with Crippen molar-refractivity contribution < 1.29 is 0 Å². The van der Waals surface area contributed by atoms with Gasteiger partial charge in [0.05, 0.1) is 14.8 Å². The van der Waals surface area contributed by atoms with Crippen molar-refractivity contribution in [2.24, 2.45) is 0 Å². The zero-order valence-electron chi connectivity index (χ0n) is 13.3. The molecule has 0 spiro atoms. The van der Waals surface area contributed by atoms with E-state index in [1.807, 2.05) is 6.07 Å². The number of aromatic nitrogens is 1. The first-order valence-corrected chi connectivity index (χ1v) is 11.7. The van der Waals surface area contributed by atoms with Crippen LogP contribution in [0, 0.1) is 11.3 Å². The Morgan fingerprint density at radius 1 is 1.00 bits per heavy atom. The molecule has 0 aromatic carbocycles. The fourth-order valence-corrected chi connectivity index (χ4v) is 7.80. The largest absolute Gasteiger partial charge is 0.223 e. The molecule has 0 atom stereocenters. The zero-order valence-corrected chi connectivity index (χ0v) is 19.7. The standard InChI is InChI=1S/C14H14Cl2N2S6/c1-6(2)21-13(19)23-10-9(15)8(5-17)18-12(16)11(10)24-14(20)22-7(3)4/h6-7H,1-4H3. The van der Waals surface area contributed by atoms with Gasteiger partial charge in [0, 0.05) is 10.5 Å². The van der Waals surface area contributed by atoms with E-state index in [0.29, 0.717) is 23.8 Å². The van der Waals surface area contributed by atoms with Crippen molar-refractivity contribution in [3.8, 4) is 6.07 Å². The summed E-state index contributed by atoms with van der Waals surface area (Å²) in [7, 11) is 0. The number of hydrogen-bond donors (Lipinski definition) is 0. The van der Waals surface area contributed by atoms with Crippen LogP contribution >= 0.6 is 94.7 Å². The van der Waals surface area contributed by atoms with Gasteiger partial charge in [-0.3, -0.25) is 0 Å². The molecule has 24 heavy (non-hydrogen) atoms. The van der Waals surface area contributed by atoms with E-state index in [4.69, 9.17) is 47.6 Å². The smallest absolute Gasteiger partial charge is 0.162 e. The Labute approximate surface area is 180 Å². The van der Waals surface area contributed by atoms with Gasteiger partial charge >= 0.3 is 0 Å². The molecule has 0 aliphatic heterocycles. The molecule has 0 aliphatic carbocycles. The van der Waals surface area contributed by atoms with Gasteiger partial charge in [0.1, 0.15) is 18.3 Å². The summed E-state index contributed by atoms with van der Waals surface area (Å²) in [5, 5.41) is 10.4. The highest BCUT2D eigenvalue weighted by atomic mass is 35.5. The zero-order chi connectivity index (χ0) is 18.4. The lowest BCUT2D eigenvalue weighted by Gasteiger charge is -2.14. The second kappa shape index (κ2) is 10.8. The average molecular weight is 474 g/mol. The lowest BCUT2D eigenvalue weighted by atomic mass is 10.4. The maximum absolute atomic E-state index is 9.20. The third-order valence-corrected chi connectivity index (χ3v) is 8.18. The van der Waals surface area contributed by atoms with Crippen molar-refractivity contribution in [1.82, 2.24) is 4.98 Å². The Morgan fingerprint density at radius 3 is 1.88 bits per heavy atom. The molecule has 0 radical (unpaired) electrons. The number of hydrogen-bond acceptors (Lipinski definition) is 8. The number of thioether (sulfide) groups is 4. The molecule has 130 valence electrons. The maximum atomic E-state index is 9.20. The van der Waals surface area contributed by atoms with Crippen LogP contribution < -0.4 is 0 Å². The first-order chi connectivity index (χ1) is 11.1. The molecule has 1 heterocycles. The normalized spacial score (nSPS) is 11.0. The van der Waals surface area contributed by atoms with Crippen molar-refractivity contribution in [3.63, 3.8) is 0 Å². The van der Waals surface area contributed by atoms with Gasteiger partial charge in [0.25, 0.3) is 0 Å². The Kier molecular flexibility index (Phi) is 10.3. The van der Waals surface area contributed by atoms with Crippen LogP contribution in [0.1, 0.15) is 33.4 Å². The Balaban J connectivity index is 3.25. The van der Waals surface area contributed by atoms with Gasteiger partial charge < -0.3 is 0 Å². The van der Waals surface area contributed by atoms with E-state index in [2.05, 4.69) is 32.7 Å². The minimum absolute atomic E-state index is 0.0910. The Morgan fingerprint density at radius 2 is 1.46 bits per heavy atom. The van der Waals surface area contributed by atoms with Crippen LogP contribution in [0.3, 0.4) is 0 Å². The highest BCUT2D eigenvalue weighted by Gasteiger charge is 2.22. The quantitative estimate of drug-likeness (QED) is 0.256. The van der Waals surface area contributed by atoms with Gasteiger partial charge in [-0.1, -0.05) is 98.9 Å². The van der Waals surface area contributed by atoms with E-state index in [1.54, 1.807) is 23.5 Å². The Hall–Kier alpha value is 0.800. The van der Waals surface area contributed by atoms with Crippen molar-refractivity contribution in [2.75, 3.05) is 0 Å². The van der Waals surface area contributed by atoms with E-state index < -0.39 is 0 Å². The number of thiocarbonyl (C=S) groups is 2. The average Bonchev–Trinajstić information content (AvgIpc) is 2.44. The number of halogens is 2. The lowest BCUT2D eigenvalue weighted by molar-refractivity contribution is 1.11. The molecule has 1 aromatic heterocycles. The van der Waals surface area contributed by atoms with Crippen LogP contribution in [0.2, 0.25) is 10.2 Å². The van der Waals surface area contributed by atoms with Gasteiger partial charge in [-0.15, -0.1) is 23.5 Å². The molecule has 0 amide bonds. The second-order valence-corrected chi connectivity index (χ2v) is 13.2. The van der Waals surface area contributed by atoms with Gasteiger partial charge in [0.2, 0.25) is 0 Å². The van der Waals surface area contributed by atoms with Crippen LogP contribution in [0.4, 0.5) is 0 Å². The molecule has 0 bridgehead atoms. The maximum Gasteiger partial charge on any atom is 0.162 e. The first-order valence-electron chi connectivity index (χ1n) is 6.71. The molecule has 0 saturated heterocycles. The summed E-state index contributed by atoms with van der Waals surface area (Å²) in [4.78, 5) is 5.36. The van der Waals surface area contributed by atoms with Crippen molar-refractivity contribution in [3.05, 3.63) is 15.9 Å². The Bertz CT molecular complexity index is 685. The summed E-state index contributed by atoms with van der Waals surface area (Å²) >= 11 is 29.2. The summed E-state index contributed by atoms with van der Waals surface area (Å²) in [6.45, 7) is 8.24. The molecule has 0 N–H and O–H groups in total.